The van der Waals surface area contributed by atoms with Gasteiger partial charge in [0.15, 0.2) is 0 Å². The third-order valence-electron chi connectivity index (χ3n) is 0.996. The number of hydrogen-bond acceptors (Lipinski definition) is 2. The summed E-state index contributed by atoms with van der Waals surface area (Å²) in [6, 6.07) is 0. The Kier molecular flexibility index (Phi) is 18.3. The van der Waals surface area contributed by atoms with Crippen LogP contribution in [0.3, 0.4) is 0 Å². The Hall–Kier alpha value is 1.14. The Balaban J connectivity index is -0.0000000533. The van der Waals surface area contributed by atoms with Crippen molar-refractivity contribution in [1.29, 1.82) is 0 Å². The monoisotopic (exact) mass is 178 g/mol. The molecule has 0 fully saturated rings. The molecule has 0 unspecified atom stereocenters. The molecule has 0 atom stereocenters. The maximum absolute atomic E-state index is 10.3. The molecular weight excluding hydrogens is 166 g/mol. The van der Waals surface area contributed by atoms with E-state index in [0.717, 1.165) is 6.42 Å². The van der Waals surface area contributed by atoms with Crippen molar-refractivity contribution < 1.29 is 76.7 Å². The molecule has 0 saturated heterocycles. The SMILES string of the molecule is CCCCC(=O)C(=O)O.[H-].[H-].[Na+].[Na+]. The van der Waals surface area contributed by atoms with Crippen LogP contribution >= 0.6 is 0 Å². The van der Waals surface area contributed by atoms with Gasteiger partial charge in [-0.3, -0.25) is 4.79 Å². The van der Waals surface area contributed by atoms with E-state index in [1.54, 1.807) is 0 Å². The number of rotatable bonds is 4. The molecule has 0 spiro atoms. The average Bonchev–Trinajstić information content (AvgIpc) is 1.82. The van der Waals surface area contributed by atoms with Gasteiger partial charge in [-0.25, -0.2) is 4.79 Å². The van der Waals surface area contributed by atoms with E-state index in [9.17, 15) is 9.59 Å². The van der Waals surface area contributed by atoms with Crippen molar-refractivity contribution in [2.24, 2.45) is 0 Å². The normalized spacial score (nSPS) is 7.36. The van der Waals surface area contributed by atoms with E-state index in [0.29, 0.717) is 6.42 Å². The van der Waals surface area contributed by atoms with Gasteiger partial charge in [0.05, 0.1) is 0 Å². The minimum absolute atomic E-state index is 0. The van der Waals surface area contributed by atoms with Crippen LogP contribution < -0.4 is 59.1 Å². The molecule has 0 rings (SSSR count). The summed E-state index contributed by atoms with van der Waals surface area (Å²) in [5, 5.41) is 8.06. The fourth-order valence-electron chi connectivity index (χ4n) is 0.444. The molecule has 0 aromatic rings. The number of Topliss-reactive ketones (excluding diaryl/α,β-unsaturated/α-hetero) is 1. The van der Waals surface area contributed by atoms with Crippen LogP contribution in [0.4, 0.5) is 0 Å². The molecular formula is C6H12Na2O3. The zero-order valence-corrected chi connectivity index (χ0v) is 11.4. The summed E-state index contributed by atoms with van der Waals surface area (Å²) in [5.74, 6) is -2.00. The van der Waals surface area contributed by atoms with Gasteiger partial charge >= 0.3 is 65.1 Å². The standard InChI is InChI=1S/C6H10O3.2Na.2H/c1-2-3-4-5(7)6(8)9;;;;/h2-4H2,1H3,(H,8,9);;;;/q;2*+1;2*-1. The molecule has 3 nitrogen and oxygen atoms in total. The van der Waals surface area contributed by atoms with Crippen LogP contribution in [0, 0.1) is 0 Å². The second-order valence-corrected chi connectivity index (χ2v) is 1.83. The Morgan fingerprint density at radius 3 is 2.09 bits per heavy atom. The molecule has 0 aliphatic carbocycles. The van der Waals surface area contributed by atoms with Crippen LogP contribution in [0.25, 0.3) is 0 Å². The van der Waals surface area contributed by atoms with Crippen molar-refractivity contribution in [2.75, 3.05) is 0 Å². The minimum Gasteiger partial charge on any atom is -1.00 e. The molecule has 0 saturated carbocycles. The Morgan fingerprint density at radius 2 is 1.82 bits per heavy atom. The number of hydrogen-bond donors (Lipinski definition) is 1. The van der Waals surface area contributed by atoms with Gasteiger partial charge in [-0.2, -0.15) is 0 Å². The van der Waals surface area contributed by atoms with Crippen molar-refractivity contribution in [2.45, 2.75) is 26.2 Å². The zero-order valence-electron chi connectivity index (χ0n) is 9.39. The molecule has 0 aliphatic heterocycles. The largest absolute Gasteiger partial charge is 1.00 e. The first kappa shape index (κ1) is 18.0. The molecule has 5 heteroatoms. The van der Waals surface area contributed by atoms with Gasteiger partial charge < -0.3 is 7.96 Å². The summed E-state index contributed by atoms with van der Waals surface area (Å²) in [6.45, 7) is 1.91. The smallest absolute Gasteiger partial charge is 1.00 e. The summed E-state index contributed by atoms with van der Waals surface area (Å²) in [7, 11) is 0. The number of aliphatic carboxylic acids is 1. The van der Waals surface area contributed by atoms with Crippen LogP contribution in [0.15, 0.2) is 0 Å². The summed E-state index contributed by atoms with van der Waals surface area (Å²) in [4.78, 5) is 20.2. The summed E-state index contributed by atoms with van der Waals surface area (Å²) in [5.41, 5.74) is 0. The Bertz CT molecular complexity index is 133. The van der Waals surface area contributed by atoms with E-state index in [4.69, 9.17) is 5.11 Å². The van der Waals surface area contributed by atoms with E-state index >= 15 is 0 Å². The fraction of sp³-hybridized carbons (Fsp3) is 0.667. The third kappa shape index (κ3) is 11.1. The van der Waals surface area contributed by atoms with Gasteiger partial charge in [0.1, 0.15) is 0 Å². The fourth-order valence-corrected chi connectivity index (χ4v) is 0.444. The van der Waals surface area contributed by atoms with Crippen LogP contribution in [-0.2, 0) is 9.59 Å². The van der Waals surface area contributed by atoms with E-state index in [1.165, 1.54) is 0 Å². The maximum Gasteiger partial charge on any atom is 1.00 e. The molecule has 0 aromatic carbocycles. The van der Waals surface area contributed by atoms with E-state index in [2.05, 4.69) is 0 Å². The number of carboxylic acids is 1. The molecule has 0 aliphatic rings. The predicted molar refractivity (Wildman–Crippen MR) is 34.4 cm³/mol. The van der Waals surface area contributed by atoms with Gasteiger partial charge in [0.2, 0.25) is 5.78 Å². The summed E-state index contributed by atoms with van der Waals surface area (Å²) >= 11 is 0. The number of carboxylic acid groups (broad SMARTS) is 1. The molecule has 56 valence electrons. The molecule has 0 radical (unpaired) electrons. The topological polar surface area (TPSA) is 54.4 Å². The van der Waals surface area contributed by atoms with Crippen molar-refractivity contribution in [3.05, 3.63) is 0 Å². The first-order chi connectivity index (χ1) is 4.18. The maximum atomic E-state index is 10.3. The first-order valence-electron chi connectivity index (χ1n) is 2.94. The average molecular weight is 178 g/mol. The minimum atomic E-state index is -1.32. The van der Waals surface area contributed by atoms with Gasteiger partial charge in [0.25, 0.3) is 0 Å². The van der Waals surface area contributed by atoms with Gasteiger partial charge in [-0.1, -0.05) is 13.3 Å². The number of ketones is 1. The van der Waals surface area contributed by atoms with Crippen LogP contribution in [0.2, 0.25) is 0 Å². The molecule has 0 heterocycles. The second kappa shape index (κ2) is 11.1. The van der Waals surface area contributed by atoms with Crippen LogP contribution in [0.1, 0.15) is 29.0 Å². The number of carbonyl (C=O) groups is 2. The number of carbonyl (C=O) groups excluding carboxylic acids is 1. The summed E-state index contributed by atoms with van der Waals surface area (Å²) in [6.07, 6.45) is 1.70. The first-order valence-corrected chi connectivity index (χ1v) is 2.94. The van der Waals surface area contributed by atoms with Crippen molar-refractivity contribution >= 4 is 11.8 Å². The molecule has 0 bridgehead atoms. The van der Waals surface area contributed by atoms with E-state index < -0.39 is 11.8 Å². The molecule has 0 amide bonds. The van der Waals surface area contributed by atoms with Crippen molar-refractivity contribution in [3.8, 4) is 0 Å². The Labute approximate surface area is 113 Å². The molecule has 11 heavy (non-hydrogen) atoms. The van der Waals surface area contributed by atoms with Crippen LogP contribution in [0.5, 0.6) is 0 Å². The second-order valence-electron chi connectivity index (χ2n) is 1.83. The van der Waals surface area contributed by atoms with Gasteiger partial charge in [-0.05, 0) is 6.42 Å². The third-order valence-corrected chi connectivity index (χ3v) is 0.996. The molecule has 0 aromatic heterocycles. The summed E-state index contributed by atoms with van der Waals surface area (Å²) < 4.78 is 0. The zero-order chi connectivity index (χ0) is 7.28. The van der Waals surface area contributed by atoms with E-state index in [1.807, 2.05) is 6.92 Å². The van der Waals surface area contributed by atoms with Crippen LogP contribution in [-0.4, -0.2) is 16.9 Å². The number of unbranched alkanes of at least 4 members (excludes halogenated alkanes) is 1. The van der Waals surface area contributed by atoms with E-state index in [-0.39, 0.29) is 68.4 Å². The predicted octanol–water partition coefficient (Wildman–Crippen LogP) is -4.94. The quantitative estimate of drug-likeness (QED) is 0.346. The van der Waals surface area contributed by atoms with Gasteiger partial charge in [0, 0.05) is 6.42 Å². The van der Waals surface area contributed by atoms with Crippen molar-refractivity contribution in [1.82, 2.24) is 0 Å². The van der Waals surface area contributed by atoms with Gasteiger partial charge in [-0.15, -0.1) is 0 Å². The van der Waals surface area contributed by atoms with Crippen molar-refractivity contribution in [3.63, 3.8) is 0 Å². The molecule has 1 N–H and O–H groups in total. The Morgan fingerprint density at radius 1 is 1.36 bits per heavy atom.